The highest BCUT2D eigenvalue weighted by Gasteiger charge is 2.24. The highest BCUT2D eigenvalue weighted by atomic mass is 16.5. The lowest BCUT2D eigenvalue weighted by Gasteiger charge is -2.33. The molecule has 0 bridgehead atoms. The molecule has 1 saturated heterocycles. The van der Waals surface area contributed by atoms with Crippen LogP contribution in [0, 0.1) is 6.92 Å². The minimum atomic E-state index is -0.425. The summed E-state index contributed by atoms with van der Waals surface area (Å²) >= 11 is 0. The normalized spacial score (nSPS) is 17.2. The topological polar surface area (TPSA) is 74.4 Å². The molecule has 1 amide bonds. The molecule has 0 radical (unpaired) electrons. The molecule has 1 aromatic carbocycles. The second kappa shape index (κ2) is 9.27. The molecule has 29 heavy (non-hydrogen) atoms. The van der Waals surface area contributed by atoms with Crippen LogP contribution in [-0.4, -0.2) is 41.5 Å². The molecule has 6 nitrogen and oxygen atoms in total. The Labute approximate surface area is 172 Å². The summed E-state index contributed by atoms with van der Waals surface area (Å²) in [4.78, 5) is 30.4. The number of nitrogens with one attached hydrogen (secondary N) is 2. The molecule has 156 valence electrons. The third-order valence-electron chi connectivity index (χ3n) is 5.84. The number of hydrogen-bond acceptors (Lipinski definition) is 4. The van der Waals surface area contributed by atoms with Crippen molar-refractivity contribution < 1.29 is 14.3 Å². The first-order valence-electron chi connectivity index (χ1n) is 10.4. The van der Waals surface area contributed by atoms with E-state index in [2.05, 4.69) is 34.3 Å². The van der Waals surface area contributed by atoms with E-state index in [1.807, 2.05) is 19.1 Å². The highest BCUT2D eigenvalue weighted by Crippen LogP contribution is 2.23. The maximum absolute atomic E-state index is 12.8. The number of methoxy groups -OCH3 is 1. The van der Waals surface area contributed by atoms with Crippen LogP contribution in [0.4, 0.5) is 5.69 Å². The zero-order valence-corrected chi connectivity index (χ0v) is 17.8. The average molecular weight is 398 g/mol. The number of aromatic nitrogens is 1. The van der Waals surface area contributed by atoms with E-state index in [0.29, 0.717) is 35.0 Å². The van der Waals surface area contributed by atoms with Gasteiger partial charge in [-0.1, -0.05) is 25.5 Å². The molecule has 2 N–H and O–H groups in total. The molecule has 1 aromatic heterocycles. The number of esters is 1. The van der Waals surface area contributed by atoms with E-state index in [1.165, 1.54) is 31.9 Å². The monoisotopic (exact) mass is 397 g/mol. The molecule has 0 spiro atoms. The van der Waals surface area contributed by atoms with Crippen LogP contribution in [0.1, 0.15) is 70.8 Å². The van der Waals surface area contributed by atoms with Crippen molar-refractivity contribution >= 4 is 17.6 Å². The van der Waals surface area contributed by atoms with Gasteiger partial charge in [-0.05, 0) is 62.9 Å². The first-order chi connectivity index (χ1) is 13.9. The molecule has 1 fully saturated rings. The van der Waals surface area contributed by atoms with Gasteiger partial charge in [0.2, 0.25) is 0 Å². The lowest BCUT2D eigenvalue weighted by molar-refractivity contribution is 0.0599. The number of ether oxygens (including phenoxy) is 1. The summed E-state index contributed by atoms with van der Waals surface area (Å²) < 4.78 is 4.86. The van der Waals surface area contributed by atoms with Crippen LogP contribution in [0.5, 0.6) is 0 Å². The predicted molar refractivity (Wildman–Crippen MR) is 114 cm³/mol. The Balaban J connectivity index is 1.69. The van der Waals surface area contributed by atoms with E-state index in [9.17, 15) is 9.59 Å². The lowest BCUT2D eigenvalue weighted by atomic mass is 10.0. The van der Waals surface area contributed by atoms with E-state index < -0.39 is 5.97 Å². The number of aryl methyl sites for hydroxylation is 1. The van der Waals surface area contributed by atoms with Crippen molar-refractivity contribution in [1.82, 2.24) is 9.88 Å². The third-order valence-corrected chi connectivity index (χ3v) is 5.84. The van der Waals surface area contributed by atoms with E-state index >= 15 is 0 Å². The van der Waals surface area contributed by atoms with Gasteiger partial charge in [0, 0.05) is 24.0 Å². The molecule has 0 saturated carbocycles. The predicted octanol–water partition coefficient (Wildman–Crippen LogP) is 4.30. The number of carbonyl (C=O) groups excluding carboxylic acids is 2. The van der Waals surface area contributed by atoms with Crippen LogP contribution in [0.15, 0.2) is 24.3 Å². The molecule has 0 unspecified atom stereocenters. The second-order valence-corrected chi connectivity index (χ2v) is 7.79. The molecule has 6 heteroatoms. The van der Waals surface area contributed by atoms with Crippen LogP contribution in [-0.2, 0) is 17.7 Å². The third kappa shape index (κ3) is 4.70. The van der Waals surface area contributed by atoms with Crippen molar-refractivity contribution in [2.75, 3.05) is 19.0 Å². The van der Waals surface area contributed by atoms with E-state index in [4.69, 9.17) is 4.74 Å². The van der Waals surface area contributed by atoms with Crippen molar-refractivity contribution in [2.45, 2.75) is 59.0 Å². The van der Waals surface area contributed by atoms with E-state index in [-0.39, 0.29) is 5.91 Å². The number of benzene rings is 1. The van der Waals surface area contributed by atoms with Crippen LogP contribution in [0.2, 0.25) is 0 Å². The summed E-state index contributed by atoms with van der Waals surface area (Å²) in [7, 11) is 1.35. The van der Waals surface area contributed by atoms with Gasteiger partial charge in [0.15, 0.2) is 0 Å². The number of anilines is 1. The maximum Gasteiger partial charge on any atom is 0.339 e. The lowest BCUT2D eigenvalue weighted by Crippen LogP contribution is -2.36. The Morgan fingerprint density at radius 3 is 2.59 bits per heavy atom. The number of rotatable bonds is 6. The van der Waals surface area contributed by atoms with E-state index in [0.717, 1.165) is 18.8 Å². The SMILES string of the molecule is CCc1[nH]c(C(=O)Nc2ccc(CN3CCCC[C@@H]3C)cc2)c(C)c1C(=O)OC. The molecule has 2 aromatic rings. The Morgan fingerprint density at radius 2 is 1.97 bits per heavy atom. The molecule has 0 aliphatic carbocycles. The van der Waals surface area contributed by atoms with Gasteiger partial charge in [0.05, 0.1) is 12.7 Å². The highest BCUT2D eigenvalue weighted by molar-refractivity contribution is 6.06. The fraction of sp³-hybridized carbons (Fsp3) is 0.478. The molecule has 2 heterocycles. The summed E-state index contributed by atoms with van der Waals surface area (Å²) in [5, 5.41) is 2.92. The van der Waals surface area contributed by atoms with E-state index in [1.54, 1.807) is 6.92 Å². The Kier molecular flexibility index (Phi) is 6.75. The van der Waals surface area contributed by atoms with Gasteiger partial charge in [0.25, 0.3) is 5.91 Å². The number of hydrogen-bond donors (Lipinski definition) is 2. The largest absolute Gasteiger partial charge is 0.465 e. The Morgan fingerprint density at radius 1 is 1.24 bits per heavy atom. The zero-order valence-electron chi connectivity index (χ0n) is 17.8. The number of carbonyl (C=O) groups is 2. The van der Waals surface area contributed by atoms with Gasteiger partial charge in [-0.25, -0.2) is 4.79 Å². The van der Waals surface area contributed by atoms with Crippen LogP contribution in [0.25, 0.3) is 0 Å². The van der Waals surface area contributed by atoms with Gasteiger partial charge in [-0.3, -0.25) is 9.69 Å². The van der Waals surface area contributed by atoms with Gasteiger partial charge < -0.3 is 15.0 Å². The molecule has 1 atom stereocenters. The minimum Gasteiger partial charge on any atom is -0.465 e. The fourth-order valence-electron chi connectivity index (χ4n) is 4.04. The van der Waals surface area contributed by atoms with Gasteiger partial charge in [0.1, 0.15) is 5.69 Å². The van der Waals surface area contributed by atoms with Crippen molar-refractivity contribution in [3.05, 3.63) is 52.3 Å². The first kappa shape index (κ1) is 21.1. The van der Waals surface area contributed by atoms with Crippen LogP contribution < -0.4 is 5.32 Å². The molecule has 1 aliphatic rings. The standard InChI is InChI=1S/C23H31N3O3/c1-5-19-20(23(28)29-4)16(3)21(25-19)22(27)24-18-11-9-17(10-12-18)14-26-13-7-6-8-15(26)2/h9-12,15,25H,5-8,13-14H2,1-4H3,(H,24,27)/t15-/m0/s1. The quantitative estimate of drug-likeness (QED) is 0.713. The summed E-state index contributed by atoms with van der Waals surface area (Å²) in [6.45, 7) is 8.07. The molecular formula is C23H31N3O3. The number of aromatic amines is 1. The number of likely N-dealkylation sites (tertiary alicyclic amines) is 1. The number of H-pyrrole nitrogens is 1. The summed E-state index contributed by atoms with van der Waals surface area (Å²) in [6, 6.07) is 8.62. The van der Waals surface area contributed by atoms with Crippen molar-refractivity contribution in [3.8, 4) is 0 Å². The van der Waals surface area contributed by atoms with Crippen molar-refractivity contribution in [3.63, 3.8) is 0 Å². The van der Waals surface area contributed by atoms with Crippen molar-refractivity contribution in [2.24, 2.45) is 0 Å². The summed E-state index contributed by atoms with van der Waals surface area (Å²) in [5.41, 5.74) is 4.15. The number of amides is 1. The second-order valence-electron chi connectivity index (χ2n) is 7.79. The Bertz CT molecular complexity index is 870. The van der Waals surface area contributed by atoms with Crippen LogP contribution in [0.3, 0.4) is 0 Å². The molecule has 3 rings (SSSR count). The van der Waals surface area contributed by atoms with Gasteiger partial charge >= 0.3 is 5.97 Å². The van der Waals surface area contributed by atoms with Crippen molar-refractivity contribution in [1.29, 1.82) is 0 Å². The number of piperidine rings is 1. The maximum atomic E-state index is 12.8. The van der Waals surface area contributed by atoms with Gasteiger partial charge in [-0.15, -0.1) is 0 Å². The smallest absolute Gasteiger partial charge is 0.339 e. The molecule has 1 aliphatic heterocycles. The van der Waals surface area contributed by atoms with Gasteiger partial charge in [-0.2, -0.15) is 0 Å². The minimum absolute atomic E-state index is 0.259. The molecular weight excluding hydrogens is 366 g/mol. The number of nitrogens with zero attached hydrogens (tertiary/aromatic N) is 1. The van der Waals surface area contributed by atoms with Crippen LogP contribution >= 0.6 is 0 Å². The summed E-state index contributed by atoms with van der Waals surface area (Å²) in [5.74, 6) is -0.685. The average Bonchev–Trinajstić information content (AvgIpc) is 3.07. The summed E-state index contributed by atoms with van der Waals surface area (Å²) in [6.07, 6.45) is 4.46. The first-order valence-corrected chi connectivity index (χ1v) is 10.4. The Hall–Kier alpha value is -2.60. The fourth-order valence-corrected chi connectivity index (χ4v) is 4.04. The zero-order chi connectivity index (χ0) is 21.0.